The summed E-state index contributed by atoms with van der Waals surface area (Å²) in [5.74, 6) is -0.0405. The molecule has 1 aliphatic heterocycles. The fourth-order valence-electron chi connectivity index (χ4n) is 1.92. The number of morpholine rings is 1. The summed E-state index contributed by atoms with van der Waals surface area (Å²) in [5, 5.41) is 8.71. The fraction of sp³-hybridized carbons (Fsp3) is 0.385. The Morgan fingerprint density at radius 1 is 1.50 bits per heavy atom. The highest BCUT2D eigenvalue weighted by atomic mass is 16.5. The topological polar surface area (TPSA) is 79.3 Å². The third-order valence-corrected chi connectivity index (χ3v) is 2.95. The van der Waals surface area contributed by atoms with Crippen LogP contribution in [0.1, 0.15) is 15.9 Å². The molecule has 1 amide bonds. The lowest BCUT2D eigenvalue weighted by Gasteiger charge is -2.32. The van der Waals surface area contributed by atoms with E-state index in [1.807, 2.05) is 6.07 Å². The van der Waals surface area contributed by atoms with Gasteiger partial charge in [-0.25, -0.2) is 0 Å². The van der Waals surface area contributed by atoms with Crippen molar-refractivity contribution >= 4 is 5.91 Å². The van der Waals surface area contributed by atoms with E-state index in [-0.39, 0.29) is 12.0 Å². The Hall–Kier alpha value is -1.90. The standard InChI is InChI=1S/C13H15N3O2/c14-7-10-1-3-11(4-2-10)13(17)16-5-6-18-12(8-15)9-16/h1-4,12H,5-6,8-9,15H2. The molecule has 1 aromatic rings. The maximum absolute atomic E-state index is 12.2. The molecule has 1 heterocycles. The predicted molar refractivity (Wildman–Crippen MR) is 65.9 cm³/mol. The van der Waals surface area contributed by atoms with E-state index < -0.39 is 0 Å². The first kappa shape index (κ1) is 12.6. The highest BCUT2D eigenvalue weighted by Gasteiger charge is 2.23. The minimum atomic E-state index is -0.0823. The molecule has 0 spiro atoms. The molecule has 2 rings (SSSR count). The van der Waals surface area contributed by atoms with Crippen LogP contribution in [0.5, 0.6) is 0 Å². The van der Waals surface area contributed by atoms with Gasteiger partial charge in [0.05, 0.1) is 24.3 Å². The third kappa shape index (κ3) is 2.67. The molecule has 5 heteroatoms. The van der Waals surface area contributed by atoms with E-state index in [1.54, 1.807) is 29.2 Å². The SMILES string of the molecule is N#Cc1ccc(C(=O)N2CCOC(CN)C2)cc1. The Balaban J connectivity index is 2.08. The number of benzene rings is 1. The van der Waals surface area contributed by atoms with Gasteiger partial charge in [0.2, 0.25) is 0 Å². The summed E-state index contributed by atoms with van der Waals surface area (Å²) in [5.41, 5.74) is 6.68. The summed E-state index contributed by atoms with van der Waals surface area (Å²) in [6, 6.07) is 8.67. The van der Waals surface area contributed by atoms with Gasteiger partial charge < -0.3 is 15.4 Å². The van der Waals surface area contributed by atoms with Gasteiger partial charge in [-0.3, -0.25) is 4.79 Å². The van der Waals surface area contributed by atoms with Crippen LogP contribution in [0.3, 0.4) is 0 Å². The number of nitriles is 1. The van der Waals surface area contributed by atoms with Gasteiger partial charge in [-0.1, -0.05) is 0 Å². The van der Waals surface area contributed by atoms with Crippen LogP contribution in [0.25, 0.3) is 0 Å². The van der Waals surface area contributed by atoms with E-state index in [0.717, 1.165) is 0 Å². The minimum Gasteiger partial charge on any atom is -0.373 e. The van der Waals surface area contributed by atoms with Gasteiger partial charge in [0, 0.05) is 25.2 Å². The van der Waals surface area contributed by atoms with E-state index >= 15 is 0 Å². The van der Waals surface area contributed by atoms with Crippen molar-refractivity contribution < 1.29 is 9.53 Å². The number of carbonyl (C=O) groups is 1. The van der Waals surface area contributed by atoms with Gasteiger partial charge in [0.15, 0.2) is 0 Å². The minimum absolute atomic E-state index is 0.0405. The summed E-state index contributed by atoms with van der Waals surface area (Å²) >= 11 is 0. The quantitative estimate of drug-likeness (QED) is 0.815. The van der Waals surface area contributed by atoms with Crippen molar-refractivity contribution in [2.45, 2.75) is 6.10 Å². The molecule has 0 radical (unpaired) electrons. The van der Waals surface area contributed by atoms with E-state index in [9.17, 15) is 4.79 Å². The molecule has 5 nitrogen and oxygen atoms in total. The predicted octanol–water partition coefficient (Wildman–Crippen LogP) is 0.358. The maximum Gasteiger partial charge on any atom is 0.254 e. The zero-order valence-corrected chi connectivity index (χ0v) is 10.0. The largest absolute Gasteiger partial charge is 0.373 e. The van der Waals surface area contributed by atoms with Crippen LogP contribution in [0.2, 0.25) is 0 Å². The second-order valence-electron chi connectivity index (χ2n) is 4.17. The van der Waals surface area contributed by atoms with Gasteiger partial charge in [0.1, 0.15) is 0 Å². The summed E-state index contributed by atoms with van der Waals surface area (Å²) < 4.78 is 5.42. The Bertz CT molecular complexity index is 464. The van der Waals surface area contributed by atoms with Crippen LogP contribution in [0, 0.1) is 11.3 Å². The molecule has 2 N–H and O–H groups in total. The average Bonchev–Trinajstić information content (AvgIpc) is 2.46. The molecule has 18 heavy (non-hydrogen) atoms. The number of nitrogens with zero attached hydrogens (tertiary/aromatic N) is 2. The summed E-state index contributed by atoms with van der Waals surface area (Å²) in [7, 11) is 0. The van der Waals surface area contributed by atoms with E-state index in [0.29, 0.717) is 37.4 Å². The molecular weight excluding hydrogens is 230 g/mol. The van der Waals surface area contributed by atoms with Crippen molar-refractivity contribution in [2.24, 2.45) is 5.73 Å². The number of rotatable bonds is 2. The Morgan fingerprint density at radius 2 is 2.22 bits per heavy atom. The van der Waals surface area contributed by atoms with Gasteiger partial charge >= 0.3 is 0 Å². The van der Waals surface area contributed by atoms with Gasteiger partial charge in [-0.05, 0) is 24.3 Å². The molecule has 0 aliphatic carbocycles. The second-order valence-corrected chi connectivity index (χ2v) is 4.17. The Morgan fingerprint density at radius 3 is 2.83 bits per heavy atom. The van der Waals surface area contributed by atoms with Crippen molar-refractivity contribution in [3.8, 4) is 6.07 Å². The lowest BCUT2D eigenvalue weighted by atomic mass is 10.1. The van der Waals surface area contributed by atoms with Gasteiger partial charge in [0.25, 0.3) is 5.91 Å². The second kappa shape index (κ2) is 5.63. The zero-order chi connectivity index (χ0) is 13.0. The highest BCUT2D eigenvalue weighted by Crippen LogP contribution is 2.11. The van der Waals surface area contributed by atoms with Crippen molar-refractivity contribution in [2.75, 3.05) is 26.2 Å². The van der Waals surface area contributed by atoms with Crippen LogP contribution < -0.4 is 5.73 Å². The molecule has 0 aromatic heterocycles. The van der Waals surface area contributed by atoms with Crippen LogP contribution >= 0.6 is 0 Å². The van der Waals surface area contributed by atoms with Crippen molar-refractivity contribution in [1.82, 2.24) is 4.90 Å². The normalized spacial score (nSPS) is 19.3. The number of nitrogens with two attached hydrogens (primary N) is 1. The summed E-state index contributed by atoms with van der Waals surface area (Å²) in [6.45, 7) is 2.03. The van der Waals surface area contributed by atoms with Crippen molar-refractivity contribution in [3.63, 3.8) is 0 Å². The monoisotopic (exact) mass is 245 g/mol. The van der Waals surface area contributed by atoms with Crippen LogP contribution in [0.15, 0.2) is 24.3 Å². The first-order valence-electron chi connectivity index (χ1n) is 5.85. The molecule has 1 fully saturated rings. The molecule has 0 saturated carbocycles. The summed E-state index contributed by atoms with van der Waals surface area (Å²) in [4.78, 5) is 13.9. The molecule has 1 aliphatic rings. The van der Waals surface area contributed by atoms with E-state index in [1.165, 1.54) is 0 Å². The first-order valence-corrected chi connectivity index (χ1v) is 5.85. The lowest BCUT2D eigenvalue weighted by molar-refractivity contribution is -0.0167. The van der Waals surface area contributed by atoms with Crippen molar-refractivity contribution in [3.05, 3.63) is 35.4 Å². The number of ether oxygens (including phenoxy) is 1. The first-order chi connectivity index (χ1) is 8.74. The Kier molecular flexibility index (Phi) is 3.92. The third-order valence-electron chi connectivity index (χ3n) is 2.95. The summed E-state index contributed by atoms with van der Waals surface area (Å²) in [6.07, 6.45) is -0.0823. The number of carbonyl (C=O) groups excluding carboxylic acids is 1. The smallest absolute Gasteiger partial charge is 0.254 e. The molecule has 0 bridgehead atoms. The number of hydrogen-bond donors (Lipinski definition) is 1. The molecule has 1 saturated heterocycles. The maximum atomic E-state index is 12.2. The number of amides is 1. The van der Waals surface area contributed by atoms with E-state index in [2.05, 4.69) is 0 Å². The van der Waals surface area contributed by atoms with Crippen molar-refractivity contribution in [1.29, 1.82) is 5.26 Å². The lowest BCUT2D eigenvalue weighted by Crippen LogP contribution is -2.48. The molecular formula is C13H15N3O2. The highest BCUT2D eigenvalue weighted by molar-refractivity contribution is 5.94. The molecule has 1 atom stereocenters. The van der Waals surface area contributed by atoms with Crippen LogP contribution in [0.4, 0.5) is 0 Å². The molecule has 94 valence electrons. The zero-order valence-electron chi connectivity index (χ0n) is 10.0. The van der Waals surface area contributed by atoms with Crippen LogP contribution in [-0.4, -0.2) is 43.2 Å². The fourth-order valence-corrected chi connectivity index (χ4v) is 1.92. The molecule has 1 unspecified atom stereocenters. The van der Waals surface area contributed by atoms with Crippen LogP contribution in [-0.2, 0) is 4.74 Å². The average molecular weight is 245 g/mol. The van der Waals surface area contributed by atoms with E-state index in [4.69, 9.17) is 15.7 Å². The van der Waals surface area contributed by atoms with Gasteiger partial charge in [-0.2, -0.15) is 5.26 Å². The molecule has 1 aromatic carbocycles. The number of hydrogen-bond acceptors (Lipinski definition) is 4. The van der Waals surface area contributed by atoms with Gasteiger partial charge in [-0.15, -0.1) is 0 Å². The Labute approximate surface area is 106 Å².